The van der Waals surface area contributed by atoms with Crippen LogP contribution in [0.3, 0.4) is 0 Å². The molecular formula is C13H10Br2. The van der Waals surface area contributed by atoms with E-state index < -0.39 is 0 Å². The number of hydrogen-bond acceptors (Lipinski definition) is 0. The molecule has 0 spiro atoms. The quantitative estimate of drug-likeness (QED) is 0.681. The molecule has 2 rings (SSSR count). The summed E-state index contributed by atoms with van der Waals surface area (Å²) >= 11 is 7.00. The van der Waals surface area contributed by atoms with Crippen LogP contribution in [0.2, 0.25) is 0 Å². The Hall–Kier alpha value is -0.600. The van der Waals surface area contributed by atoms with E-state index in [1.807, 2.05) is 6.07 Å². The Morgan fingerprint density at radius 2 is 1.53 bits per heavy atom. The molecule has 0 radical (unpaired) electrons. The first-order chi connectivity index (χ1) is 7.31. The molecule has 0 fully saturated rings. The smallest absolute Gasteiger partial charge is 0.0283 e. The average Bonchev–Trinajstić information content (AvgIpc) is 2.30. The molecule has 0 amide bonds. The first-order valence-corrected chi connectivity index (χ1v) is 6.62. The average molecular weight is 326 g/mol. The van der Waals surface area contributed by atoms with Crippen molar-refractivity contribution in [3.63, 3.8) is 0 Å². The molecule has 0 aliphatic rings. The van der Waals surface area contributed by atoms with Crippen LogP contribution in [-0.2, 0) is 5.33 Å². The third-order valence-electron chi connectivity index (χ3n) is 2.29. The molecule has 2 aromatic rings. The minimum Gasteiger partial charge on any atom is -0.0876 e. The third kappa shape index (κ3) is 2.50. The zero-order chi connectivity index (χ0) is 10.7. The van der Waals surface area contributed by atoms with Gasteiger partial charge in [-0.2, -0.15) is 0 Å². The van der Waals surface area contributed by atoms with Crippen molar-refractivity contribution in [3.8, 4) is 11.1 Å². The zero-order valence-corrected chi connectivity index (χ0v) is 11.3. The van der Waals surface area contributed by atoms with Crippen molar-refractivity contribution in [1.29, 1.82) is 0 Å². The molecule has 0 atom stereocenters. The van der Waals surface area contributed by atoms with Crippen LogP contribution in [0, 0.1) is 0 Å². The summed E-state index contributed by atoms with van der Waals surface area (Å²) in [6.45, 7) is 0. The monoisotopic (exact) mass is 324 g/mol. The lowest BCUT2D eigenvalue weighted by Crippen LogP contribution is -1.81. The van der Waals surface area contributed by atoms with Crippen LogP contribution in [0.5, 0.6) is 0 Å². The first kappa shape index (κ1) is 10.9. The molecule has 2 heteroatoms. The minimum atomic E-state index is 0.906. The van der Waals surface area contributed by atoms with Gasteiger partial charge in [0.2, 0.25) is 0 Å². The first-order valence-electron chi connectivity index (χ1n) is 4.71. The summed E-state index contributed by atoms with van der Waals surface area (Å²) in [5.41, 5.74) is 3.77. The summed E-state index contributed by atoms with van der Waals surface area (Å²) in [5, 5.41) is 0.906. The molecule has 0 saturated carbocycles. The molecular weight excluding hydrogens is 316 g/mol. The van der Waals surface area contributed by atoms with Crippen molar-refractivity contribution >= 4 is 31.9 Å². The van der Waals surface area contributed by atoms with Crippen LogP contribution in [0.25, 0.3) is 11.1 Å². The number of alkyl halides is 1. The van der Waals surface area contributed by atoms with Crippen LogP contribution < -0.4 is 0 Å². The van der Waals surface area contributed by atoms with Gasteiger partial charge in [-0.3, -0.25) is 0 Å². The van der Waals surface area contributed by atoms with E-state index in [1.54, 1.807) is 0 Å². The fourth-order valence-electron chi connectivity index (χ4n) is 1.47. The van der Waals surface area contributed by atoms with Crippen LogP contribution in [0.4, 0.5) is 0 Å². The van der Waals surface area contributed by atoms with E-state index in [2.05, 4.69) is 74.3 Å². The second-order valence-corrected chi connectivity index (χ2v) is 4.73. The second-order valence-electron chi connectivity index (χ2n) is 3.31. The predicted molar refractivity (Wildman–Crippen MR) is 72.2 cm³/mol. The number of halogens is 2. The van der Waals surface area contributed by atoms with Gasteiger partial charge in [-0.25, -0.2) is 0 Å². The Labute approximate surface area is 107 Å². The van der Waals surface area contributed by atoms with E-state index in [-0.39, 0.29) is 0 Å². The molecule has 0 saturated heterocycles. The number of benzene rings is 2. The molecule has 15 heavy (non-hydrogen) atoms. The van der Waals surface area contributed by atoms with Crippen molar-refractivity contribution < 1.29 is 0 Å². The predicted octanol–water partition coefficient (Wildman–Crippen LogP) is 5.01. The number of hydrogen-bond donors (Lipinski definition) is 0. The SMILES string of the molecule is BrCc1ccc(-c2ccccc2Br)cc1. The van der Waals surface area contributed by atoms with E-state index in [1.165, 1.54) is 16.7 Å². The van der Waals surface area contributed by atoms with Crippen LogP contribution in [-0.4, -0.2) is 0 Å². The maximum absolute atomic E-state index is 3.56. The van der Waals surface area contributed by atoms with Gasteiger partial charge >= 0.3 is 0 Å². The standard InChI is InChI=1S/C13H10Br2/c14-9-10-5-7-11(8-6-10)12-3-1-2-4-13(12)15/h1-8H,9H2. The van der Waals surface area contributed by atoms with E-state index in [0.29, 0.717) is 0 Å². The normalized spacial score (nSPS) is 10.3. The van der Waals surface area contributed by atoms with Crippen molar-refractivity contribution in [3.05, 3.63) is 58.6 Å². The molecule has 2 aromatic carbocycles. The minimum absolute atomic E-state index is 0.906. The van der Waals surface area contributed by atoms with Gasteiger partial charge in [0, 0.05) is 9.80 Å². The van der Waals surface area contributed by atoms with E-state index in [0.717, 1.165) is 9.80 Å². The van der Waals surface area contributed by atoms with Gasteiger partial charge in [0.15, 0.2) is 0 Å². The molecule has 0 aliphatic heterocycles. The summed E-state index contributed by atoms with van der Waals surface area (Å²) in [7, 11) is 0. The van der Waals surface area contributed by atoms with Gasteiger partial charge in [-0.05, 0) is 22.8 Å². The Morgan fingerprint density at radius 3 is 2.13 bits per heavy atom. The lowest BCUT2D eigenvalue weighted by molar-refractivity contribution is 1.43. The largest absolute Gasteiger partial charge is 0.0876 e. The molecule has 0 aromatic heterocycles. The van der Waals surface area contributed by atoms with Gasteiger partial charge in [-0.15, -0.1) is 0 Å². The molecule has 0 heterocycles. The van der Waals surface area contributed by atoms with Gasteiger partial charge in [0.1, 0.15) is 0 Å². The highest BCUT2D eigenvalue weighted by atomic mass is 79.9. The molecule has 0 nitrogen and oxygen atoms in total. The highest BCUT2D eigenvalue weighted by Gasteiger charge is 2.01. The molecule has 0 unspecified atom stereocenters. The maximum Gasteiger partial charge on any atom is 0.0283 e. The van der Waals surface area contributed by atoms with Crippen molar-refractivity contribution in [2.24, 2.45) is 0 Å². The maximum atomic E-state index is 3.56. The fraction of sp³-hybridized carbons (Fsp3) is 0.0769. The Kier molecular flexibility index (Phi) is 3.60. The summed E-state index contributed by atoms with van der Waals surface area (Å²) in [6, 6.07) is 16.8. The summed E-state index contributed by atoms with van der Waals surface area (Å²) in [4.78, 5) is 0. The third-order valence-corrected chi connectivity index (χ3v) is 3.63. The summed E-state index contributed by atoms with van der Waals surface area (Å²) in [6.07, 6.45) is 0. The Morgan fingerprint density at radius 1 is 0.867 bits per heavy atom. The van der Waals surface area contributed by atoms with Gasteiger partial charge in [0.25, 0.3) is 0 Å². The van der Waals surface area contributed by atoms with Gasteiger partial charge in [0.05, 0.1) is 0 Å². The molecule has 0 N–H and O–H groups in total. The summed E-state index contributed by atoms with van der Waals surface area (Å²) < 4.78 is 1.14. The van der Waals surface area contributed by atoms with Crippen molar-refractivity contribution in [1.82, 2.24) is 0 Å². The van der Waals surface area contributed by atoms with Gasteiger partial charge < -0.3 is 0 Å². The van der Waals surface area contributed by atoms with E-state index in [4.69, 9.17) is 0 Å². The second kappa shape index (κ2) is 4.95. The van der Waals surface area contributed by atoms with Crippen LogP contribution in [0.15, 0.2) is 53.0 Å². The van der Waals surface area contributed by atoms with Crippen LogP contribution >= 0.6 is 31.9 Å². The highest BCUT2D eigenvalue weighted by molar-refractivity contribution is 9.10. The van der Waals surface area contributed by atoms with Gasteiger partial charge in [-0.1, -0.05) is 74.3 Å². The van der Waals surface area contributed by atoms with Crippen molar-refractivity contribution in [2.45, 2.75) is 5.33 Å². The molecule has 76 valence electrons. The Bertz CT molecular complexity index is 446. The molecule has 0 aliphatic carbocycles. The lowest BCUT2D eigenvalue weighted by atomic mass is 10.0. The lowest BCUT2D eigenvalue weighted by Gasteiger charge is -2.04. The molecule has 0 bridgehead atoms. The van der Waals surface area contributed by atoms with E-state index in [9.17, 15) is 0 Å². The zero-order valence-electron chi connectivity index (χ0n) is 8.08. The van der Waals surface area contributed by atoms with E-state index >= 15 is 0 Å². The Balaban J connectivity index is 2.42. The topological polar surface area (TPSA) is 0 Å². The van der Waals surface area contributed by atoms with Crippen molar-refractivity contribution in [2.75, 3.05) is 0 Å². The van der Waals surface area contributed by atoms with Crippen LogP contribution in [0.1, 0.15) is 5.56 Å². The highest BCUT2D eigenvalue weighted by Crippen LogP contribution is 2.28. The summed E-state index contributed by atoms with van der Waals surface area (Å²) in [5.74, 6) is 0. The fourth-order valence-corrected chi connectivity index (χ4v) is 2.36. The number of rotatable bonds is 2.